The van der Waals surface area contributed by atoms with Crippen LogP contribution < -0.4 is 5.32 Å². The molecule has 0 radical (unpaired) electrons. The third kappa shape index (κ3) is 4.90. The van der Waals surface area contributed by atoms with Crippen molar-refractivity contribution in [3.05, 3.63) is 21.3 Å². The van der Waals surface area contributed by atoms with E-state index in [0.29, 0.717) is 23.2 Å². The zero-order valence-electron chi connectivity index (χ0n) is 11.0. The van der Waals surface area contributed by atoms with Crippen LogP contribution in [-0.4, -0.2) is 48.3 Å². The van der Waals surface area contributed by atoms with Gasteiger partial charge >= 0.3 is 12.0 Å². The van der Waals surface area contributed by atoms with Crippen LogP contribution in [0.25, 0.3) is 0 Å². The van der Waals surface area contributed by atoms with Crippen LogP contribution in [0.4, 0.5) is 4.79 Å². The molecule has 1 aromatic heterocycles. The highest BCUT2D eigenvalue weighted by molar-refractivity contribution is 7.99. The molecule has 1 aromatic rings. The van der Waals surface area contributed by atoms with Gasteiger partial charge in [0.2, 0.25) is 0 Å². The second-order valence-corrected chi connectivity index (χ2v) is 6.92. The third-order valence-corrected chi connectivity index (χ3v) is 4.98. The van der Waals surface area contributed by atoms with Crippen molar-refractivity contribution in [1.82, 2.24) is 10.2 Å². The van der Waals surface area contributed by atoms with Gasteiger partial charge in [0, 0.05) is 23.7 Å². The van der Waals surface area contributed by atoms with Gasteiger partial charge in [0.05, 0.1) is 10.1 Å². The minimum Gasteiger partial charge on any atom is -0.455 e. The number of amides is 3. The summed E-state index contributed by atoms with van der Waals surface area (Å²) in [7, 11) is 0. The summed E-state index contributed by atoms with van der Waals surface area (Å²) in [5, 5.41) is 2.50. The summed E-state index contributed by atoms with van der Waals surface area (Å²) in [6, 6.07) is 3.26. The van der Waals surface area contributed by atoms with E-state index in [4.69, 9.17) is 16.3 Å². The Bertz CT molecular complexity index is 549. The highest BCUT2D eigenvalue weighted by Crippen LogP contribution is 2.25. The number of nitrogens with zero attached hydrogens (tertiary/aromatic N) is 1. The van der Waals surface area contributed by atoms with E-state index in [2.05, 4.69) is 5.32 Å². The lowest BCUT2D eigenvalue weighted by Crippen LogP contribution is -2.37. The standard InChI is InChI=1S/C12H13ClN2O4S2/c13-9-2-1-8(21-9)6-20-7-11(17)19-5-10(16)15-4-3-14-12(15)18/h1-2H,3-7H2,(H,14,18). The van der Waals surface area contributed by atoms with Gasteiger partial charge in [-0.2, -0.15) is 0 Å². The molecule has 114 valence electrons. The molecule has 3 amide bonds. The van der Waals surface area contributed by atoms with Gasteiger partial charge < -0.3 is 10.1 Å². The van der Waals surface area contributed by atoms with Gasteiger partial charge in [-0.25, -0.2) is 4.79 Å². The van der Waals surface area contributed by atoms with Crippen LogP contribution >= 0.6 is 34.7 Å². The molecule has 0 bridgehead atoms. The minimum atomic E-state index is -0.506. The Kier molecular flexibility index (Phi) is 5.89. The zero-order valence-corrected chi connectivity index (χ0v) is 13.4. The summed E-state index contributed by atoms with van der Waals surface area (Å²) in [4.78, 5) is 36.5. The first-order valence-electron chi connectivity index (χ1n) is 6.12. The fourth-order valence-corrected chi connectivity index (χ4v) is 3.65. The second-order valence-electron chi connectivity index (χ2n) is 4.14. The molecule has 21 heavy (non-hydrogen) atoms. The first-order chi connectivity index (χ1) is 10.1. The highest BCUT2D eigenvalue weighted by Gasteiger charge is 2.26. The van der Waals surface area contributed by atoms with Crippen LogP contribution in [0.3, 0.4) is 0 Å². The van der Waals surface area contributed by atoms with Gasteiger partial charge in [0.1, 0.15) is 0 Å². The Morgan fingerprint density at radius 2 is 2.29 bits per heavy atom. The van der Waals surface area contributed by atoms with Crippen LogP contribution in [-0.2, 0) is 20.1 Å². The molecule has 9 heteroatoms. The molecule has 2 heterocycles. The SMILES string of the molecule is O=C(CSCc1ccc(Cl)s1)OCC(=O)N1CCNC1=O. The maximum Gasteiger partial charge on any atom is 0.324 e. The van der Waals surface area contributed by atoms with Gasteiger partial charge in [0.15, 0.2) is 6.61 Å². The number of rotatable bonds is 6. The number of thiophene rings is 1. The molecule has 0 aromatic carbocycles. The van der Waals surface area contributed by atoms with E-state index in [9.17, 15) is 14.4 Å². The lowest BCUT2D eigenvalue weighted by molar-refractivity contribution is -0.148. The average molecular weight is 349 g/mol. The number of nitrogens with one attached hydrogen (secondary N) is 1. The number of carbonyl (C=O) groups excluding carboxylic acids is 3. The van der Waals surface area contributed by atoms with Crippen molar-refractivity contribution in [2.24, 2.45) is 0 Å². The molecule has 1 fully saturated rings. The summed E-state index contributed by atoms with van der Waals surface area (Å²) in [5.41, 5.74) is 0. The molecule has 1 saturated heterocycles. The fourth-order valence-electron chi connectivity index (χ4n) is 1.64. The Morgan fingerprint density at radius 3 is 2.90 bits per heavy atom. The molecule has 0 saturated carbocycles. The van der Waals surface area contributed by atoms with Gasteiger partial charge in [-0.1, -0.05) is 11.6 Å². The first kappa shape index (κ1) is 16.1. The summed E-state index contributed by atoms with van der Waals surface area (Å²) in [6.07, 6.45) is 0. The number of hydrogen-bond donors (Lipinski definition) is 1. The predicted octanol–water partition coefficient (Wildman–Crippen LogP) is 1.73. The minimum absolute atomic E-state index is 0.148. The van der Waals surface area contributed by atoms with Crippen molar-refractivity contribution >= 4 is 52.6 Å². The lowest BCUT2D eigenvalue weighted by atomic mass is 10.5. The number of ether oxygens (including phenoxy) is 1. The summed E-state index contributed by atoms with van der Waals surface area (Å²) in [5.74, 6) is -0.173. The molecule has 1 aliphatic heterocycles. The number of thioether (sulfide) groups is 1. The average Bonchev–Trinajstić information content (AvgIpc) is 3.05. The number of imide groups is 1. The van der Waals surface area contributed by atoms with Crippen molar-refractivity contribution in [3.8, 4) is 0 Å². The molecule has 0 aliphatic carbocycles. The fraction of sp³-hybridized carbons (Fsp3) is 0.417. The van der Waals surface area contributed by atoms with Crippen LogP contribution in [0.15, 0.2) is 12.1 Å². The molecule has 6 nitrogen and oxygen atoms in total. The predicted molar refractivity (Wildman–Crippen MR) is 81.6 cm³/mol. The monoisotopic (exact) mass is 348 g/mol. The summed E-state index contributed by atoms with van der Waals surface area (Å²) in [6.45, 7) is 0.332. The number of carbonyl (C=O) groups is 3. The van der Waals surface area contributed by atoms with Crippen LogP contribution in [0.2, 0.25) is 4.34 Å². The molecule has 2 rings (SSSR count). The third-order valence-electron chi connectivity index (χ3n) is 2.61. The highest BCUT2D eigenvalue weighted by atomic mass is 35.5. The van der Waals surface area contributed by atoms with E-state index in [1.807, 2.05) is 6.07 Å². The number of halogens is 1. The van der Waals surface area contributed by atoms with E-state index in [1.54, 1.807) is 6.07 Å². The number of esters is 1. The van der Waals surface area contributed by atoms with Crippen LogP contribution in [0.1, 0.15) is 4.88 Å². The van der Waals surface area contributed by atoms with E-state index >= 15 is 0 Å². The largest absolute Gasteiger partial charge is 0.455 e. The Morgan fingerprint density at radius 1 is 1.48 bits per heavy atom. The van der Waals surface area contributed by atoms with Crippen LogP contribution in [0, 0.1) is 0 Å². The van der Waals surface area contributed by atoms with Crippen molar-refractivity contribution in [2.75, 3.05) is 25.4 Å². The molecular weight excluding hydrogens is 336 g/mol. The summed E-state index contributed by atoms with van der Waals surface area (Å²) >= 11 is 8.65. The number of urea groups is 1. The molecule has 0 spiro atoms. The van der Waals surface area contributed by atoms with Gasteiger partial charge in [0.25, 0.3) is 5.91 Å². The molecular formula is C12H13ClN2O4S2. The van der Waals surface area contributed by atoms with E-state index in [1.165, 1.54) is 23.1 Å². The zero-order chi connectivity index (χ0) is 15.2. The van der Waals surface area contributed by atoms with E-state index < -0.39 is 24.5 Å². The van der Waals surface area contributed by atoms with Crippen molar-refractivity contribution in [2.45, 2.75) is 5.75 Å². The topological polar surface area (TPSA) is 75.7 Å². The van der Waals surface area contributed by atoms with Gasteiger partial charge in [-0.15, -0.1) is 23.1 Å². The number of hydrogen-bond acceptors (Lipinski definition) is 6. The van der Waals surface area contributed by atoms with E-state index in [0.717, 1.165) is 9.78 Å². The maximum atomic E-state index is 11.6. The molecule has 1 N–H and O–H groups in total. The maximum absolute atomic E-state index is 11.6. The molecule has 1 aliphatic rings. The Hall–Kier alpha value is -1.25. The van der Waals surface area contributed by atoms with Gasteiger partial charge in [-0.05, 0) is 12.1 Å². The lowest BCUT2D eigenvalue weighted by Gasteiger charge is -2.11. The Balaban J connectivity index is 1.63. The van der Waals surface area contributed by atoms with Crippen LogP contribution in [0.5, 0.6) is 0 Å². The van der Waals surface area contributed by atoms with Crippen molar-refractivity contribution in [1.29, 1.82) is 0 Å². The van der Waals surface area contributed by atoms with E-state index in [-0.39, 0.29) is 5.75 Å². The molecule has 0 atom stereocenters. The first-order valence-corrected chi connectivity index (χ1v) is 8.47. The smallest absolute Gasteiger partial charge is 0.324 e. The molecule has 0 unspecified atom stereocenters. The quantitative estimate of drug-likeness (QED) is 0.792. The normalized spacial score (nSPS) is 14.1. The van der Waals surface area contributed by atoms with Gasteiger partial charge in [-0.3, -0.25) is 14.5 Å². The van der Waals surface area contributed by atoms with Crippen molar-refractivity contribution in [3.63, 3.8) is 0 Å². The summed E-state index contributed by atoms with van der Waals surface area (Å²) < 4.78 is 5.56. The Labute approximate surface area is 134 Å². The second kappa shape index (κ2) is 7.67. The van der Waals surface area contributed by atoms with Crippen molar-refractivity contribution < 1.29 is 19.1 Å².